The number of nitrogens with one attached hydrogen (secondary N) is 1. The van der Waals surface area contributed by atoms with Crippen molar-refractivity contribution in [3.63, 3.8) is 0 Å². The van der Waals surface area contributed by atoms with Crippen LogP contribution in [-0.4, -0.2) is 25.1 Å². The number of hydrogen-bond donors (Lipinski definition) is 1. The molecule has 0 aliphatic rings. The molecule has 0 aromatic heterocycles. The Morgan fingerprint density at radius 3 is 2.08 bits per heavy atom. The van der Waals surface area contributed by atoms with E-state index in [1.807, 2.05) is 0 Å². The van der Waals surface area contributed by atoms with Gasteiger partial charge >= 0.3 is 0 Å². The van der Waals surface area contributed by atoms with Crippen LogP contribution in [0.4, 0.5) is 0 Å². The van der Waals surface area contributed by atoms with E-state index >= 15 is 0 Å². The predicted molar refractivity (Wildman–Crippen MR) is 52.0 cm³/mol. The minimum atomic E-state index is -3.23. The lowest BCUT2D eigenvalue weighted by Gasteiger charge is -2.20. The van der Waals surface area contributed by atoms with Crippen molar-refractivity contribution in [2.75, 3.05) is 6.54 Å². The van der Waals surface area contributed by atoms with Crippen molar-refractivity contribution in [2.24, 2.45) is 0 Å². The highest BCUT2D eigenvalue weighted by Gasteiger charge is 2.28. The molecule has 0 fully saturated rings. The molecule has 0 aromatic carbocycles. The van der Waals surface area contributed by atoms with Crippen LogP contribution >= 0.6 is 11.6 Å². The van der Waals surface area contributed by atoms with Gasteiger partial charge in [-0.25, -0.2) is 13.1 Å². The third-order valence-corrected chi connectivity index (χ3v) is 3.67. The molecule has 3 nitrogen and oxygen atoms in total. The molecule has 12 heavy (non-hydrogen) atoms. The van der Waals surface area contributed by atoms with Crippen LogP contribution in [0.2, 0.25) is 0 Å². The fraction of sp³-hybridized carbons (Fsp3) is 1.00. The highest BCUT2D eigenvalue weighted by molar-refractivity contribution is 7.90. The highest BCUT2D eigenvalue weighted by atomic mass is 35.5. The molecule has 0 saturated heterocycles. The second-order valence-electron chi connectivity index (χ2n) is 3.75. The molecule has 0 aromatic rings. The van der Waals surface area contributed by atoms with Crippen LogP contribution in [0.25, 0.3) is 0 Å². The van der Waals surface area contributed by atoms with Gasteiger partial charge in [-0.3, -0.25) is 0 Å². The van der Waals surface area contributed by atoms with Gasteiger partial charge in [-0.05, 0) is 27.7 Å². The topological polar surface area (TPSA) is 46.2 Å². The van der Waals surface area contributed by atoms with E-state index in [2.05, 4.69) is 4.72 Å². The molecule has 0 saturated carbocycles. The number of rotatable bonds is 3. The molecule has 0 aliphatic heterocycles. The maximum atomic E-state index is 11.4. The average molecular weight is 214 g/mol. The minimum absolute atomic E-state index is 0.179. The Balaban J connectivity index is 4.27. The summed E-state index contributed by atoms with van der Waals surface area (Å²) in [5, 5.41) is -0.179. The number of alkyl halides is 1. The molecule has 5 heteroatoms. The standard InChI is InChI=1S/C7H16ClNO2S/c1-6(8)5-9-12(10,11)7(2,3)4/h6,9H,5H2,1-4H3. The van der Waals surface area contributed by atoms with E-state index in [1.165, 1.54) is 0 Å². The van der Waals surface area contributed by atoms with Crippen molar-refractivity contribution >= 4 is 21.6 Å². The van der Waals surface area contributed by atoms with Crippen LogP contribution in [0.5, 0.6) is 0 Å². The van der Waals surface area contributed by atoms with Crippen molar-refractivity contribution in [1.82, 2.24) is 4.72 Å². The average Bonchev–Trinajstić information content (AvgIpc) is 1.81. The van der Waals surface area contributed by atoms with E-state index < -0.39 is 14.8 Å². The van der Waals surface area contributed by atoms with E-state index in [-0.39, 0.29) is 11.9 Å². The van der Waals surface area contributed by atoms with Gasteiger partial charge in [-0.1, -0.05) is 0 Å². The summed E-state index contributed by atoms with van der Waals surface area (Å²) in [6, 6.07) is 0. The lowest BCUT2D eigenvalue weighted by molar-refractivity contribution is 0.545. The van der Waals surface area contributed by atoms with Crippen molar-refractivity contribution in [2.45, 2.75) is 37.8 Å². The van der Waals surface area contributed by atoms with Gasteiger partial charge in [0.25, 0.3) is 0 Å². The lowest BCUT2D eigenvalue weighted by atomic mass is 10.3. The fourth-order valence-electron chi connectivity index (χ4n) is 0.441. The molecule has 0 aliphatic carbocycles. The van der Waals surface area contributed by atoms with Gasteiger partial charge in [0.1, 0.15) is 0 Å². The zero-order valence-corrected chi connectivity index (χ0v) is 9.46. The van der Waals surface area contributed by atoms with Crippen LogP contribution in [0.3, 0.4) is 0 Å². The van der Waals surface area contributed by atoms with Gasteiger partial charge in [0.2, 0.25) is 10.0 Å². The Hall–Kier alpha value is 0.200. The molecule has 1 N–H and O–H groups in total. The van der Waals surface area contributed by atoms with Crippen molar-refractivity contribution < 1.29 is 8.42 Å². The van der Waals surface area contributed by atoms with Crippen LogP contribution in [0.15, 0.2) is 0 Å². The molecule has 0 spiro atoms. The molecule has 0 amide bonds. The van der Waals surface area contributed by atoms with Crippen molar-refractivity contribution in [3.8, 4) is 0 Å². The van der Waals surface area contributed by atoms with Crippen LogP contribution in [-0.2, 0) is 10.0 Å². The van der Waals surface area contributed by atoms with Gasteiger partial charge in [0.15, 0.2) is 0 Å². The second-order valence-corrected chi connectivity index (χ2v) is 7.01. The third-order valence-electron chi connectivity index (χ3n) is 1.36. The maximum Gasteiger partial charge on any atom is 0.216 e. The Morgan fingerprint density at radius 2 is 1.83 bits per heavy atom. The van der Waals surface area contributed by atoms with Gasteiger partial charge in [0, 0.05) is 11.9 Å². The predicted octanol–water partition coefficient (Wildman–Crippen LogP) is 1.33. The number of halogens is 1. The maximum absolute atomic E-state index is 11.4. The van der Waals surface area contributed by atoms with Gasteiger partial charge in [0.05, 0.1) is 4.75 Å². The molecular formula is C7H16ClNO2S. The molecule has 1 unspecified atom stereocenters. The first-order valence-corrected chi connectivity index (χ1v) is 5.72. The first kappa shape index (κ1) is 12.2. The fourth-order valence-corrected chi connectivity index (χ4v) is 1.51. The van der Waals surface area contributed by atoms with E-state index in [4.69, 9.17) is 11.6 Å². The summed E-state index contributed by atoms with van der Waals surface area (Å²) < 4.78 is 24.4. The SMILES string of the molecule is CC(Cl)CNS(=O)(=O)C(C)(C)C. The summed E-state index contributed by atoms with van der Waals surface area (Å²) in [5.74, 6) is 0. The van der Waals surface area contributed by atoms with E-state index in [0.717, 1.165) is 0 Å². The van der Waals surface area contributed by atoms with Gasteiger partial charge in [-0.2, -0.15) is 0 Å². The van der Waals surface area contributed by atoms with Gasteiger partial charge < -0.3 is 0 Å². The Labute approximate surface area is 79.5 Å². The summed E-state index contributed by atoms with van der Waals surface area (Å²) in [6.07, 6.45) is 0. The summed E-state index contributed by atoms with van der Waals surface area (Å²) in [5.41, 5.74) is 0. The van der Waals surface area contributed by atoms with E-state index in [1.54, 1.807) is 27.7 Å². The summed E-state index contributed by atoms with van der Waals surface area (Å²) in [6.45, 7) is 6.96. The Bertz CT molecular complexity index is 228. The zero-order chi connectivity index (χ0) is 9.99. The largest absolute Gasteiger partial charge is 0.216 e. The molecule has 0 rings (SSSR count). The number of hydrogen-bond acceptors (Lipinski definition) is 2. The highest BCUT2D eigenvalue weighted by Crippen LogP contribution is 2.12. The molecular weight excluding hydrogens is 198 g/mol. The van der Waals surface area contributed by atoms with Crippen molar-refractivity contribution in [1.29, 1.82) is 0 Å². The molecule has 0 bridgehead atoms. The molecule has 0 heterocycles. The zero-order valence-electron chi connectivity index (χ0n) is 7.89. The second kappa shape index (κ2) is 3.94. The normalized spacial score (nSPS) is 16.1. The monoisotopic (exact) mass is 213 g/mol. The first-order chi connectivity index (χ1) is 5.17. The summed E-state index contributed by atoms with van der Waals surface area (Å²) >= 11 is 5.61. The van der Waals surface area contributed by atoms with Gasteiger partial charge in [-0.15, -0.1) is 11.6 Å². The number of sulfonamides is 1. The van der Waals surface area contributed by atoms with E-state index in [9.17, 15) is 8.42 Å². The van der Waals surface area contributed by atoms with Crippen molar-refractivity contribution in [3.05, 3.63) is 0 Å². The Morgan fingerprint density at radius 1 is 1.42 bits per heavy atom. The summed E-state index contributed by atoms with van der Waals surface area (Å²) in [7, 11) is -3.23. The third kappa shape index (κ3) is 3.74. The van der Waals surface area contributed by atoms with Crippen LogP contribution in [0, 0.1) is 0 Å². The van der Waals surface area contributed by atoms with E-state index in [0.29, 0.717) is 0 Å². The smallest absolute Gasteiger partial charge is 0.213 e. The Kier molecular flexibility index (Phi) is 4.00. The minimum Gasteiger partial charge on any atom is -0.213 e. The first-order valence-electron chi connectivity index (χ1n) is 3.80. The molecule has 74 valence electrons. The quantitative estimate of drug-likeness (QED) is 0.720. The molecule has 1 atom stereocenters. The molecule has 0 radical (unpaired) electrons. The van der Waals surface area contributed by atoms with Crippen LogP contribution in [0.1, 0.15) is 27.7 Å². The summed E-state index contributed by atoms with van der Waals surface area (Å²) in [4.78, 5) is 0. The lowest BCUT2D eigenvalue weighted by Crippen LogP contribution is -2.41. The van der Waals surface area contributed by atoms with Crippen LogP contribution < -0.4 is 4.72 Å².